The van der Waals surface area contributed by atoms with E-state index < -0.39 is 5.60 Å². The first-order valence-electron chi connectivity index (χ1n) is 10.3. The van der Waals surface area contributed by atoms with Crippen LogP contribution in [-0.2, 0) is 14.3 Å². The standard InChI is InChI=1S/C23H30O5/c1-3-4-8-12-23(2,26)13-11-17-18-14-21(24)27-20(18)15-19(17)28-22(25)16-9-6-5-7-10-16/h5-7,9-11,13,17-20,26H,3-4,8,12,14-15H2,1-2H3/t17-,18-,19-,20+,23?/m1/s1. The van der Waals surface area contributed by atoms with Crippen LogP contribution in [0.1, 0.15) is 62.7 Å². The lowest BCUT2D eigenvalue weighted by Crippen LogP contribution is -2.26. The van der Waals surface area contributed by atoms with Gasteiger partial charge in [0.1, 0.15) is 12.2 Å². The summed E-state index contributed by atoms with van der Waals surface area (Å²) in [5, 5.41) is 10.6. The van der Waals surface area contributed by atoms with Gasteiger partial charge in [-0.1, -0.05) is 56.5 Å². The molecule has 3 rings (SSSR count). The number of benzene rings is 1. The van der Waals surface area contributed by atoms with Crippen LogP contribution in [0.2, 0.25) is 0 Å². The number of hydrogen-bond acceptors (Lipinski definition) is 5. The Morgan fingerprint density at radius 2 is 2.07 bits per heavy atom. The highest BCUT2D eigenvalue weighted by molar-refractivity contribution is 5.89. The fourth-order valence-electron chi connectivity index (χ4n) is 4.20. The molecule has 1 heterocycles. The highest BCUT2D eigenvalue weighted by Crippen LogP contribution is 2.44. The Morgan fingerprint density at radius 1 is 1.32 bits per heavy atom. The molecule has 0 aromatic heterocycles. The lowest BCUT2D eigenvalue weighted by atomic mass is 9.89. The van der Waals surface area contributed by atoms with Crippen LogP contribution < -0.4 is 0 Å². The van der Waals surface area contributed by atoms with Crippen LogP contribution in [0.25, 0.3) is 0 Å². The molecule has 0 spiro atoms. The zero-order chi connectivity index (χ0) is 20.1. The Balaban J connectivity index is 1.71. The van der Waals surface area contributed by atoms with Gasteiger partial charge in [0.2, 0.25) is 0 Å². The minimum absolute atomic E-state index is 0.0104. The van der Waals surface area contributed by atoms with E-state index in [0.29, 0.717) is 24.8 Å². The molecule has 28 heavy (non-hydrogen) atoms. The Morgan fingerprint density at radius 3 is 2.79 bits per heavy atom. The first kappa shape index (κ1) is 20.6. The van der Waals surface area contributed by atoms with Crippen molar-refractivity contribution in [3.05, 3.63) is 48.0 Å². The molecule has 0 amide bonds. The summed E-state index contributed by atoms with van der Waals surface area (Å²) in [5.74, 6) is -0.716. The first-order valence-corrected chi connectivity index (χ1v) is 10.3. The third-order valence-corrected chi connectivity index (χ3v) is 5.78. The SMILES string of the molecule is CCCCCC(C)(O)C=C[C@@H]1[C@H]2CC(=O)O[C@H]2C[C@H]1OC(=O)c1ccccc1. The van der Waals surface area contributed by atoms with Gasteiger partial charge in [-0.15, -0.1) is 0 Å². The molecule has 2 aliphatic rings. The van der Waals surface area contributed by atoms with E-state index >= 15 is 0 Å². The van der Waals surface area contributed by atoms with Crippen molar-refractivity contribution >= 4 is 11.9 Å². The summed E-state index contributed by atoms with van der Waals surface area (Å²) in [6.45, 7) is 3.93. The molecule has 1 saturated carbocycles. The van der Waals surface area contributed by atoms with E-state index in [-0.39, 0.29) is 36.0 Å². The molecule has 2 fully saturated rings. The van der Waals surface area contributed by atoms with E-state index in [0.717, 1.165) is 19.3 Å². The topological polar surface area (TPSA) is 72.8 Å². The second-order valence-corrected chi connectivity index (χ2v) is 8.19. The van der Waals surface area contributed by atoms with Gasteiger partial charge in [-0.25, -0.2) is 4.79 Å². The monoisotopic (exact) mass is 386 g/mol. The number of aliphatic hydroxyl groups is 1. The van der Waals surface area contributed by atoms with E-state index in [9.17, 15) is 14.7 Å². The van der Waals surface area contributed by atoms with Gasteiger partial charge >= 0.3 is 11.9 Å². The summed E-state index contributed by atoms with van der Waals surface area (Å²) in [4.78, 5) is 24.2. The summed E-state index contributed by atoms with van der Waals surface area (Å²) in [5.41, 5.74) is -0.407. The van der Waals surface area contributed by atoms with E-state index in [4.69, 9.17) is 9.47 Å². The molecule has 5 atom stereocenters. The molecule has 1 N–H and O–H groups in total. The van der Waals surface area contributed by atoms with Crippen LogP contribution in [-0.4, -0.2) is 34.9 Å². The van der Waals surface area contributed by atoms with Crippen molar-refractivity contribution in [3.8, 4) is 0 Å². The van der Waals surface area contributed by atoms with Crippen molar-refractivity contribution in [2.75, 3.05) is 0 Å². The smallest absolute Gasteiger partial charge is 0.338 e. The molecule has 1 aliphatic carbocycles. The molecule has 1 aliphatic heterocycles. The quantitative estimate of drug-likeness (QED) is 0.414. The van der Waals surface area contributed by atoms with E-state index in [2.05, 4.69) is 6.92 Å². The largest absolute Gasteiger partial charge is 0.462 e. The Labute approximate surface area is 166 Å². The van der Waals surface area contributed by atoms with Crippen molar-refractivity contribution < 1.29 is 24.2 Å². The predicted octanol–water partition coefficient (Wildman–Crippen LogP) is 4.05. The zero-order valence-electron chi connectivity index (χ0n) is 16.7. The first-order chi connectivity index (χ1) is 13.4. The van der Waals surface area contributed by atoms with Crippen LogP contribution in [0.15, 0.2) is 42.5 Å². The third kappa shape index (κ3) is 5.02. The van der Waals surface area contributed by atoms with Gasteiger partial charge in [0.05, 0.1) is 17.6 Å². The summed E-state index contributed by atoms with van der Waals surface area (Å²) < 4.78 is 11.2. The maximum absolute atomic E-state index is 12.5. The number of carbonyl (C=O) groups excluding carboxylic acids is 2. The summed E-state index contributed by atoms with van der Waals surface area (Å²) in [7, 11) is 0. The molecule has 0 bridgehead atoms. The van der Waals surface area contributed by atoms with Gasteiger partial charge in [0, 0.05) is 18.3 Å². The summed E-state index contributed by atoms with van der Waals surface area (Å²) >= 11 is 0. The number of rotatable bonds is 8. The van der Waals surface area contributed by atoms with Gasteiger partial charge in [0.25, 0.3) is 0 Å². The number of fused-ring (bicyclic) bond motifs is 1. The molecular formula is C23H30O5. The summed E-state index contributed by atoms with van der Waals surface area (Å²) in [6.07, 6.45) is 7.81. The molecular weight excluding hydrogens is 356 g/mol. The highest BCUT2D eigenvalue weighted by Gasteiger charge is 2.50. The van der Waals surface area contributed by atoms with Gasteiger partial charge in [-0.3, -0.25) is 4.79 Å². The van der Waals surface area contributed by atoms with Crippen molar-refractivity contribution in [2.45, 2.75) is 70.2 Å². The second-order valence-electron chi connectivity index (χ2n) is 8.19. The molecule has 152 valence electrons. The van der Waals surface area contributed by atoms with Crippen molar-refractivity contribution in [1.82, 2.24) is 0 Å². The average Bonchev–Trinajstić information content (AvgIpc) is 3.16. The van der Waals surface area contributed by atoms with Crippen LogP contribution in [0, 0.1) is 11.8 Å². The number of ether oxygens (including phenoxy) is 2. The Hall–Kier alpha value is -2.14. The van der Waals surface area contributed by atoms with Gasteiger partial charge in [-0.2, -0.15) is 0 Å². The van der Waals surface area contributed by atoms with Gasteiger partial charge in [-0.05, 0) is 25.5 Å². The molecule has 5 nitrogen and oxygen atoms in total. The van der Waals surface area contributed by atoms with E-state index in [1.807, 2.05) is 18.2 Å². The Bertz CT molecular complexity index is 709. The molecule has 0 radical (unpaired) electrons. The predicted molar refractivity (Wildman–Crippen MR) is 106 cm³/mol. The fourth-order valence-corrected chi connectivity index (χ4v) is 4.20. The van der Waals surface area contributed by atoms with E-state index in [1.165, 1.54) is 0 Å². The number of unbranched alkanes of at least 4 members (excludes halogenated alkanes) is 2. The minimum Gasteiger partial charge on any atom is -0.462 e. The van der Waals surface area contributed by atoms with Crippen molar-refractivity contribution in [2.24, 2.45) is 11.8 Å². The van der Waals surface area contributed by atoms with Crippen LogP contribution in [0.4, 0.5) is 0 Å². The zero-order valence-corrected chi connectivity index (χ0v) is 16.7. The molecule has 1 aromatic carbocycles. The summed E-state index contributed by atoms with van der Waals surface area (Å²) in [6, 6.07) is 8.89. The van der Waals surface area contributed by atoms with Gasteiger partial charge in [0.15, 0.2) is 0 Å². The highest BCUT2D eigenvalue weighted by atomic mass is 16.6. The number of hydrogen-bond donors (Lipinski definition) is 1. The lowest BCUT2D eigenvalue weighted by molar-refractivity contribution is -0.141. The van der Waals surface area contributed by atoms with E-state index in [1.54, 1.807) is 31.2 Å². The normalized spacial score (nSPS) is 28.8. The maximum atomic E-state index is 12.5. The molecule has 5 heteroatoms. The fraction of sp³-hybridized carbons (Fsp3) is 0.565. The Kier molecular flexibility index (Phi) is 6.55. The number of carbonyl (C=O) groups is 2. The molecule has 1 aromatic rings. The van der Waals surface area contributed by atoms with Crippen LogP contribution in [0.5, 0.6) is 0 Å². The lowest BCUT2D eigenvalue weighted by Gasteiger charge is -2.23. The van der Waals surface area contributed by atoms with Crippen LogP contribution in [0.3, 0.4) is 0 Å². The number of esters is 2. The average molecular weight is 386 g/mol. The van der Waals surface area contributed by atoms with Gasteiger partial charge < -0.3 is 14.6 Å². The molecule has 1 saturated heterocycles. The molecule has 1 unspecified atom stereocenters. The van der Waals surface area contributed by atoms with Crippen LogP contribution >= 0.6 is 0 Å². The second kappa shape index (κ2) is 8.91. The van der Waals surface area contributed by atoms with Crippen molar-refractivity contribution in [3.63, 3.8) is 0 Å². The minimum atomic E-state index is -0.912. The third-order valence-electron chi connectivity index (χ3n) is 5.78. The maximum Gasteiger partial charge on any atom is 0.338 e. The van der Waals surface area contributed by atoms with Crippen molar-refractivity contribution in [1.29, 1.82) is 0 Å².